The number of hydrogen-bond acceptors (Lipinski definition) is 3. The van der Waals surface area contributed by atoms with Gasteiger partial charge in [-0.25, -0.2) is 4.99 Å². The summed E-state index contributed by atoms with van der Waals surface area (Å²) < 4.78 is 5.71. The zero-order valence-corrected chi connectivity index (χ0v) is 16.6. The van der Waals surface area contributed by atoms with Gasteiger partial charge in [0.1, 0.15) is 11.5 Å². The molecule has 1 heterocycles. The second-order valence-corrected chi connectivity index (χ2v) is 5.74. The standard InChI is InChI=1S/C19H23N3O2.HI/c1-2-20-19(21-13-14-6-5-7-15(23)12-14)22-17-10-11-24-18-9-4-3-8-16(17)18;/h3-9,12,17,23H,2,10-11,13H2,1H3,(H2,20,21,22);1H. The lowest BCUT2D eigenvalue weighted by Gasteiger charge is -2.28. The van der Waals surface area contributed by atoms with E-state index in [1.807, 2.05) is 37.3 Å². The van der Waals surface area contributed by atoms with E-state index < -0.39 is 0 Å². The lowest BCUT2D eigenvalue weighted by atomic mass is 10.0. The number of hydrogen-bond donors (Lipinski definition) is 3. The summed E-state index contributed by atoms with van der Waals surface area (Å²) in [6.07, 6.45) is 0.896. The van der Waals surface area contributed by atoms with E-state index in [1.54, 1.807) is 12.1 Å². The molecule has 1 unspecified atom stereocenters. The molecule has 1 atom stereocenters. The number of phenolic OH excluding ortho intramolecular Hbond substituents is 1. The van der Waals surface area contributed by atoms with Crippen LogP contribution < -0.4 is 15.4 Å². The first kappa shape index (κ1) is 19.4. The number of aliphatic imine (C=N–C) groups is 1. The number of rotatable bonds is 4. The SMILES string of the molecule is CCNC(=NCc1cccc(O)c1)NC1CCOc2ccccc21.I. The summed E-state index contributed by atoms with van der Waals surface area (Å²) in [6, 6.07) is 15.5. The molecule has 0 saturated heterocycles. The molecular weight excluding hydrogens is 429 g/mol. The number of nitrogens with one attached hydrogen (secondary N) is 2. The molecule has 0 saturated carbocycles. The van der Waals surface area contributed by atoms with Crippen LogP contribution in [0.4, 0.5) is 0 Å². The number of ether oxygens (including phenoxy) is 1. The summed E-state index contributed by atoms with van der Waals surface area (Å²) in [6.45, 7) is 4.04. The van der Waals surface area contributed by atoms with Crippen molar-refractivity contribution >= 4 is 29.9 Å². The molecule has 25 heavy (non-hydrogen) atoms. The molecule has 6 heteroatoms. The maximum Gasteiger partial charge on any atom is 0.192 e. The number of phenols is 1. The van der Waals surface area contributed by atoms with Crippen LogP contribution in [0.3, 0.4) is 0 Å². The van der Waals surface area contributed by atoms with E-state index in [-0.39, 0.29) is 35.8 Å². The Kier molecular flexibility index (Phi) is 7.36. The van der Waals surface area contributed by atoms with Crippen molar-refractivity contribution in [2.75, 3.05) is 13.2 Å². The highest BCUT2D eigenvalue weighted by Gasteiger charge is 2.21. The Morgan fingerprint density at radius 3 is 2.88 bits per heavy atom. The third kappa shape index (κ3) is 5.26. The van der Waals surface area contributed by atoms with Gasteiger partial charge in [0, 0.05) is 18.5 Å². The summed E-state index contributed by atoms with van der Waals surface area (Å²) in [7, 11) is 0. The first-order valence-electron chi connectivity index (χ1n) is 8.30. The largest absolute Gasteiger partial charge is 0.508 e. The van der Waals surface area contributed by atoms with Crippen molar-refractivity contribution < 1.29 is 9.84 Å². The van der Waals surface area contributed by atoms with Crippen LogP contribution in [0.25, 0.3) is 0 Å². The number of guanidine groups is 1. The zero-order valence-electron chi connectivity index (χ0n) is 14.2. The quantitative estimate of drug-likeness (QED) is 0.376. The van der Waals surface area contributed by atoms with Gasteiger partial charge in [-0.1, -0.05) is 30.3 Å². The number of halogens is 1. The van der Waals surface area contributed by atoms with Gasteiger partial charge in [0.25, 0.3) is 0 Å². The second kappa shape index (κ2) is 9.50. The molecule has 0 aliphatic carbocycles. The van der Waals surface area contributed by atoms with Crippen LogP contribution >= 0.6 is 24.0 Å². The van der Waals surface area contributed by atoms with Gasteiger partial charge in [-0.15, -0.1) is 24.0 Å². The molecule has 2 aromatic carbocycles. The van der Waals surface area contributed by atoms with Crippen LogP contribution in [0.5, 0.6) is 11.5 Å². The molecule has 5 nitrogen and oxygen atoms in total. The molecular formula is C19H24IN3O2. The van der Waals surface area contributed by atoms with Gasteiger partial charge in [-0.2, -0.15) is 0 Å². The number of benzene rings is 2. The first-order valence-corrected chi connectivity index (χ1v) is 8.30. The number of para-hydroxylation sites is 1. The Morgan fingerprint density at radius 2 is 2.08 bits per heavy atom. The van der Waals surface area contributed by atoms with Crippen molar-refractivity contribution in [2.45, 2.75) is 25.9 Å². The van der Waals surface area contributed by atoms with Crippen molar-refractivity contribution in [3.05, 3.63) is 59.7 Å². The summed E-state index contributed by atoms with van der Waals surface area (Å²) in [5, 5.41) is 16.3. The van der Waals surface area contributed by atoms with Crippen LogP contribution in [0.1, 0.15) is 30.5 Å². The van der Waals surface area contributed by atoms with Gasteiger partial charge in [0.15, 0.2) is 5.96 Å². The van der Waals surface area contributed by atoms with Crippen molar-refractivity contribution in [3.63, 3.8) is 0 Å². The van der Waals surface area contributed by atoms with Gasteiger partial charge in [-0.05, 0) is 30.7 Å². The highest BCUT2D eigenvalue weighted by Crippen LogP contribution is 2.31. The normalized spacial score (nSPS) is 16.2. The highest BCUT2D eigenvalue weighted by molar-refractivity contribution is 14.0. The lowest BCUT2D eigenvalue weighted by Crippen LogP contribution is -2.41. The van der Waals surface area contributed by atoms with Crippen LogP contribution in [-0.4, -0.2) is 24.2 Å². The molecule has 0 bridgehead atoms. The Hall–Kier alpha value is -1.96. The van der Waals surface area contributed by atoms with E-state index >= 15 is 0 Å². The minimum absolute atomic E-state index is 0. The van der Waals surface area contributed by atoms with Crippen molar-refractivity contribution in [2.24, 2.45) is 4.99 Å². The Balaban J connectivity index is 0.00000225. The number of aromatic hydroxyl groups is 1. The third-order valence-electron chi connectivity index (χ3n) is 3.94. The highest BCUT2D eigenvalue weighted by atomic mass is 127. The Bertz CT molecular complexity index is 721. The molecule has 0 radical (unpaired) electrons. The van der Waals surface area contributed by atoms with Gasteiger partial charge < -0.3 is 20.5 Å². The lowest BCUT2D eigenvalue weighted by molar-refractivity contribution is 0.261. The van der Waals surface area contributed by atoms with Gasteiger partial charge in [0.2, 0.25) is 0 Å². The fraction of sp³-hybridized carbons (Fsp3) is 0.316. The average Bonchev–Trinajstić information content (AvgIpc) is 2.60. The van der Waals surface area contributed by atoms with Gasteiger partial charge in [0.05, 0.1) is 19.2 Å². The molecule has 0 amide bonds. The molecule has 3 rings (SSSR count). The summed E-state index contributed by atoms with van der Waals surface area (Å²) in [5.41, 5.74) is 2.13. The monoisotopic (exact) mass is 453 g/mol. The molecule has 0 aromatic heterocycles. The smallest absolute Gasteiger partial charge is 0.192 e. The minimum Gasteiger partial charge on any atom is -0.508 e. The average molecular weight is 453 g/mol. The van der Waals surface area contributed by atoms with E-state index in [4.69, 9.17) is 4.74 Å². The molecule has 1 aliphatic heterocycles. The van der Waals surface area contributed by atoms with Crippen molar-refractivity contribution in [1.29, 1.82) is 0 Å². The summed E-state index contributed by atoms with van der Waals surface area (Å²) in [5.74, 6) is 1.96. The van der Waals surface area contributed by atoms with Crippen LogP contribution in [-0.2, 0) is 6.54 Å². The van der Waals surface area contributed by atoms with E-state index in [1.165, 1.54) is 0 Å². The van der Waals surface area contributed by atoms with Crippen LogP contribution in [0, 0.1) is 0 Å². The fourth-order valence-corrected chi connectivity index (χ4v) is 2.80. The second-order valence-electron chi connectivity index (χ2n) is 5.74. The predicted octanol–water partition coefficient (Wildman–Crippen LogP) is 3.59. The van der Waals surface area contributed by atoms with E-state index in [9.17, 15) is 5.11 Å². The molecule has 0 spiro atoms. The topological polar surface area (TPSA) is 65.9 Å². The fourth-order valence-electron chi connectivity index (χ4n) is 2.80. The maximum absolute atomic E-state index is 9.56. The molecule has 2 aromatic rings. The summed E-state index contributed by atoms with van der Waals surface area (Å²) >= 11 is 0. The van der Waals surface area contributed by atoms with Crippen molar-refractivity contribution in [3.8, 4) is 11.5 Å². The van der Waals surface area contributed by atoms with Gasteiger partial charge in [-0.3, -0.25) is 0 Å². The van der Waals surface area contributed by atoms with E-state index in [2.05, 4.69) is 21.7 Å². The summed E-state index contributed by atoms with van der Waals surface area (Å²) in [4.78, 5) is 4.63. The number of fused-ring (bicyclic) bond motifs is 1. The first-order chi connectivity index (χ1) is 11.8. The molecule has 134 valence electrons. The van der Waals surface area contributed by atoms with Crippen LogP contribution in [0.15, 0.2) is 53.5 Å². The van der Waals surface area contributed by atoms with Crippen molar-refractivity contribution in [1.82, 2.24) is 10.6 Å². The Labute approximate surface area is 165 Å². The van der Waals surface area contributed by atoms with E-state index in [0.717, 1.165) is 35.8 Å². The van der Waals surface area contributed by atoms with Crippen LogP contribution in [0.2, 0.25) is 0 Å². The maximum atomic E-state index is 9.56. The zero-order chi connectivity index (χ0) is 16.8. The molecule has 3 N–H and O–H groups in total. The van der Waals surface area contributed by atoms with Gasteiger partial charge >= 0.3 is 0 Å². The third-order valence-corrected chi connectivity index (χ3v) is 3.94. The minimum atomic E-state index is 0. The molecule has 0 fully saturated rings. The number of nitrogens with zero attached hydrogens (tertiary/aromatic N) is 1. The predicted molar refractivity (Wildman–Crippen MR) is 111 cm³/mol. The van der Waals surface area contributed by atoms with E-state index in [0.29, 0.717) is 13.2 Å². The Morgan fingerprint density at radius 1 is 1.24 bits per heavy atom. The molecule has 1 aliphatic rings.